The molecule has 2 N–H and O–H groups in total. The SMILES string of the molecule is CC(C)Oc1ccc(CN2C(=O)[C@@H](NC(=O)OC(C)(C)C)CS(=O)(=O)c3cc(F)c(C(=O)NC45CCC(c6nc(C78CC(C7)C8)no6)(CC4)CC5)cc32)cc1. The molecule has 3 aromatic rings. The summed E-state index contributed by atoms with van der Waals surface area (Å²) in [5, 5.41) is 9.91. The number of sulfone groups is 1. The first kappa shape index (κ1) is 37.4. The van der Waals surface area contributed by atoms with Crippen LogP contribution < -0.4 is 20.3 Å². The van der Waals surface area contributed by atoms with E-state index in [0.29, 0.717) is 36.5 Å². The van der Waals surface area contributed by atoms with Crippen molar-refractivity contribution in [2.75, 3.05) is 10.7 Å². The highest BCUT2D eigenvalue weighted by Gasteiger charge is 2.61. The van der Waals surface area contributed by atoms with Gasteiger partial charge in [-0.1, -0.05) is 17.3 Å². The topological polar surface area (TPSA) is 170 Å². The van der Waals surface area contributed by atoms with Crippen LogP contribution in [-0.2, 0) is 36.7 Å². The van der Waals surface area contributed by atoms with E-state index in [0.717, 1.165) is 62.4 Å². The van der Waals surface area contributed by atoms with E-state index in [-0.39, 0.29) is 34.7 Å². The molecule has 13 nitrogen and oxygen atoms in total. The standard InChI is InChI=1S/C40H48FN5O8S/c1-23(2)52-26-8-6-24(7-9-26)21-46-30-16-27(28(41)17-31(30)55(50,51)22-29(33(46)48)42-36(49)53-37(3,4)5)32(47)44-40-13-10-38(11-14-40,12-15-40)35-43-34(45-54-35)39-18-25(19-39)20-39/h6-9,16-17,23,25,29H,10-15,18-22H2,1-5H3,(H,42,49)(H,44,47)/t25?,29-,38?,39?,40?/m0/s1. The van der Waals surface area contributed by atoms with E-state index in [9.17, 15) is 22.8 Å². The number of amides is 3. The number of carbonyl (C=O) groups is 3. The number of nitrogens with one attached hydrogen (secondary N) is 2. The predicted molar refractivity (Wildman–Crippen MR) is 198 cm³/mol. The lowest BCUT2D eigenvalue weighted by Crippen LogP contribution is -2.58. The maximum atomic E-state index is 16.0. The van der Waals surface area contributed by atoms with Gasteiger partial charge in [-0.15, -0.1) is 0 Å². The average Bonchev–Trinajstić information content (AvgIpc) is 3.54. The van der Waals surface area contributed by atoms with Crippen LogP contribution in [0.2, 0.25) is 0 Å². The molecule has 15 heteroatoms. The summed E-state index contributed by atoms with van der Waals surface area (Å²) in [6.45, 7) is 8.56. The van der Waals surface area contributed by atoms with Gasteiger partial charge in [0, 0.05) is 16.4 Å². The minimum Gasteiger partial charge on any atom is -0.491 e. The fourth-order valence-corrected chi connectivity index (χ4v) is 10.7. The Morgan fingerprint density at radius 1 is 1.02 bits per heavy atom. The van der Waals surface area contributed by atoms with Gasteiger partial charge >= 0.3 is 6.09 Å². The number of hydrogen-bond donors (Lipinski definition) is 2. The number of hydrogen-bond acceptors (Lipinski definition) is 10. The smallest absolute Gasteiger partial charge is 0.408 e. The zero-order valence-corrected chi connectivity index (χ0v) is 32.7. The van der Waals surface area contributed by atoms with Crippen LogP contribution in [0.4, 0.5) is 14.9 Å². The zero-order chi connectivity index (χ0) is 39.1. The highest BCUT2D eigenvalue weighted by atomic mass is 32.2. The van der Waals surface area contributed by atoms with Crippen molar-refractivity contribution in [2.45, 2.75) is 138 Å². The van der Waals surface area contributed by atoms with Crippen LogP contribution in [0, 0.1) is 11.7 Å². The van der Waals surface area contributed by atoms with Gasteiger partial charge in [-0.25, -0.2) is 17.6 Å². The maximum Gasteiger partial charge on any atom is 0.408 e. The summed E-state index contributed by atoms with van der Waals surface area (Å²) in [5.41, 5.74) is -1.62. The Hall–Kier alpha value is -4.53. The molecule has 3 amide bonds. The van der Waals surface area contributed by atoms with E-state index in [4.69, 9.17) is 19.0 Å². The van der Waals surface area contributed by atoms with Gasteiger partial charge in [0.25, 0.3) is 11.8 Å². The zero-order valence-electron chi connectivity index (χ0n) is 31.9. The van der Waals surface area contributed by atoms with Gasteiger partial charge < -0.3 is 29.5 Å². The van der Waals surface area contributed by atoms with Crippen LogP contribution in [0.15, 0.2) is 45.8 Å². The van der Waals surface area contributed by atoms with Crippen molar-refractivity contribution in [1.29, 1.82) is 0 Å². The first-order chi connectivity index (χ1) is 25.9. The van der Waals surface area contributed by atoms with Gasteiger partial charge in [0.15, 0.2) is 15.7 Å². The predicted octanol–water partition coefficient (Wildman–Crippen LogP) is 6.04. The second-order valence-electron chi connectivity index (χ2n) is 17.7. The molecule has 1 atom stereocenters. The molecule has 10 rings (SSSR count). The molecule has 6 saturated carbocycles. The third kappa shape index (κ3) is 6.86. The quantitative estimate of drug-likeness (QED) is 0.261. The average molecular weight is 778 g/mol. The summed E-state index contributed by atoms with van der Waals surface area (Å²) in [4.78, 5) is 46.8. The van der Waals surface area contributed by atoms with Crippen molar-refractivity contribution >= 4 is 33.4 Å². The van der Waals surface area contributed by atoms with E-state index in [2.05, 4.69) is 15.8 Å². The summed E-state index contributed by atoms with van der Waals surface area (Å²) in [7, 11) is -4.38. The van der Waals surface area contributed by atoms with Gasteiger partial charge in [-0.05, 0) is 128 Å². The molecule has 294 valence electrons. The molecule has 55 heavy (non-hydrogen) atoms. The Kier molecular flexibility index (Phi) is 8.85. The molecular formula is C40H48FN5O8S. The lowest BCUT2D eigenvalue weighted by molar-refractivity contribution is -0.120. The highest BCUT2D eigenvalue weighted by molar-refractivity contribution is 7.91. The fraction of sp³-hybridized carbons (Fsp3) is 0.575. The van der Waals surface area contributed by atoms with Crippen molar-refractivity contribution in [3.63, 3.8) is 0 Å². The molecule has 0 unspecified atom stereocenters. The molecule has 4 bridgehead atoms. The third-order valence-corrected chi connectivity index (χ3v) is 14.0. The monoisotopic (exact) mass is 777 g/mol. The molecule has 2 heterocycles. The second kappa shape index (κ2) is 13.0. The number of alkyl carbamates (subject to hydrolysis) is 1. The van der Waals surface area contributed by atoms with Crippen LogP contribution in [0.5, 0.6) is 5.75 Å². The van der Waals surface area contributed by atoms with E-state index in [1.54, 1.807) is 45.0 Å². The Morgan fingerprint density at radius 3 is 2.25 bits per heavy atom. The van der Waals surface area contributed by atoms with Crippen LogP contribution in [0.3, 0.4) is 0 Å². The van der Waals surface area contributed by atoms with Crippen LogP contribution in [0.25, 0.3) is 0 Å². The number of nitrogens with zero attached hydrogens (tertiary/aromatic N) is 3. The van der Waals surface area contributed by atoms with Crippen LogP contribution in [0.1, 0.15) is 120 Å². The third-order valence-electron chi connectivity index (χ3n) is 12.2. The minimum atomic E-state index is -4.38. The van der Waals surface area contributed by atoms with Crippen molar-refractivity contribution in [3.8, 4) is 5.75 Å². The van der Waals surface area contributed by atoms with Gasteiger partial charge in [-0.3, -0.25) is 9.59 Å². The van der Waals surface area contributed by atoms with Crippen LogP contribution >= 0.6 is 0 Å². The summed E-state index contributed by atoms with van der Waals surface area (Å²) in [5.74, 6) is -0.440. The van der Waals surface area contributed by atoms with Crippen molar-refractivity contribution in [2.24, 2.45) is 5.92 Å². The molecule has 0 spiro atoms. The molecular weight excluding hydrogens is 730 g/mol. The molecule has 1 aromatic heterocycles. The number of ether oxygens (including phenoxy) is 2. The van der Waals surface area contributed by atoms with E-state index in [1.807, 2.05) is 13.8 Å². The lowest BCUT2D eigenvalue weighted by atomic mass is 9.44. The summed E-state index contributed by atoms with van der Waals surface area (Å²) in [6.07, 6.45) is 6.42. The molecule has 1 aliphatic heterocycles. The molecule has 6 fully saturated rings. The van der Waals surface area contributed by atoms with Gasteiger partial charge in [0.1, 0.15) is 23.2 Å². The number of fused-ring (bicyclic) bond motifs is 4. The number of aromatic nitrogens is 2. The number of anilines is 1. The number of benzene rings is 2. The number of carbonyl (C=O) groups excluding carboxylic acids is 3. The van der Waals surface area contributed by atoms with Crippen LogP contribution in [-0.4, -0.2) is 65.5 Å². The Bertz CT molecular complexity index is 2120. The van der Waals surface area contributed by atoms with Gasteiger partial charge in [-0.2, -0.15) is 4.98 Å². The Labute approximate surface area is 320 Å². The molecule has 6 aliphatic carbocycles. The Balaban J connectivity index is 1.06. The number of rotatable bonds is 9. The molecule has 7 aliphatic rings. The van der Waals surface area contributed by atoms with E-state index in [1.165, 1.54) is 4.90 Å². The van der Waals surface area contributed by atoms with E-state index >= 15 is 4.39 Å². The lowest BCUT2D eigenvalue weighted by Gasteiger charge is -2.59. The summed E-state index contributed by atoms with van der Waals surface area (Å²) >= 11 is 0. The molecule has 0 saturated heterocycles. The minimum absolute atomic E-state index is 0.0705. The fourth-order valence-electron chi connectivity index (χ4n) is 9.12. The maximum absolute atomic E-state index is 16.0. The van der Waals surface area contributed by atoms with Gasteiger partial charge in [0.05, 0.1) is 34.5 Å². The van der Waals surface area contributed by atoms with Crippen molar-refractivity contribution in [3.05, 3.63) is 65.1 Å². The summed E-state index contributed by atoms with van der Waals surface area (Å²) in [6, 6.07) is 7.30. The molecule has 0 radical (unpaired) electrons. The first-order valence-corrected chi connectivity index (χ1v) is 20.8. The summed E-state index contributed by atoms with van der Waals surface area (Å²) < 4.78 is 60.7. The Morgan fingerprint density at radius 2 is 1.67 bits per heavy atom. The van der Waals surface area contributed by atoms with Crippen molar-refractivity contribution < 1.29 is 41.2 Å². The largest absolute Gasteiger partial charge is 0.491 e. The van der Waals surface area contributed by atoms with Crippen molar-refractivity contribution in [1.82, 2.24) is 20.8 Å². The van der Waals surface area contributed by atoms with E-state index < -0.39 is 61.4 Å². The molecule has 2 aromatic carbocycles. The van der Waals surface area contributed by atoms with Gasteiger partial charge in [0.2, 0.25) is 5.89 Å². The highest BCUT2D eigenvalue weighted by Crippen LogP contribution is 2.64. The number of halogens is 1. The first-order valence-electron chi connectivity index (χ1n) is 19.2. The second-order valence-corrected chi connectivity index (χ2v) is 19.7. The normalized spacial score (nSPS) is 29.1.